The highest BCUT2D eigenvalue weighted by atomic mass is 35.5. The Bertz CT molecular complexity index is 634. The van der Waals surface area contributed by atoms with Crippen LogP contribution in [0.4, 0.5) is 0 Å². The number of nitrogens with one attached hydrogen (secondary N) is 1. The zero-order valence-corrected chi connectivity index (χ0v) is 17.6. The summed E-state index contributed by atoms with van der Waals surface area (Å²) in [4.78, 5) is 2.16. The molecule has 0 atom stereocenters. The van der Waals surface area contributed by atoms with Crippen LogP contribution in [0.1, 0.15) is 16.7 Å². The number of ether oxygens (including phenoxy) is 2. The van der Waals surface area contributed by atoms with E-state index in [1.54, 1.807) is 7.11 Å². The van der Waals surface area contributed by atoms with Crippen LogP contribution < -0.4 is 14.8 Å². The van der Waals surface area contributed by atoms with Gasteiger partial charge in [0.15, 0.2) is 11.5 Å². The lowest BCUT2D eigenvalue weighted by molar-refractivity contribution is 0.284. The van der Waals surface area contributed by atoms with Crippen molar-refractivity contribution in [2.24, 2.45) is 0 Å². The molecule has 2 rings (SSSR count). The van der Waals surface area contributed by atoms with Crippen molar-refractivity contribution < 1.29 is 9.47 Å². The first-order chi connectivity index (χ1) is 11.6. The Morgan fingerprint density at radius 2 is 1.58 bits per heavy atom. The summed E-state index contributed by atoms with van der Waals surface area (Å²) in [5.41, 5.74) is 3.59. The molecule has 4 nitrogen and oxygen atoms in total. The molecule has 0 aliphatic heterocycles. The molecule has 1 N–H and O–H groups in total. The molecular weight excluding hydrogens is 371 g/mol. The molecule has 2 aromatic carbocycles. The fourth-order valence-corrected chi connectivity index (χ4v) is 2.32. The second kappa shape index (κ2) is 12.8. The molecule has 0 heterocycles. The third-order valence-corrected chi connectivity index (χ3v) is 3.81. The predicted octanol–water partition coefficient (Wildman–Crippen LogP) is 4.08. The van der Waals surface area contributed by atoms with E-state index in [0.29, 0.717) is 6.61 Å². The van der Waals surface area contributed by atoms with Crippen molar-refractivity contribution in [1.29, 1.82) is 0 Å². The van der Waals surface area contributed by atoms with Gasteiger partial charge < -0.3 is 19.7 Å². The number of hydrogen-bond acceptors (Lipinski definition) is 4. The van der Waals surface area contributed by atoms with E-state index in [9.17, 15) is 0 Å². The average Bonchev–Trinajstić information content (AvgIpc) is 2.58. The molecule has 0 aliphatic carbocycles. The van der Waals surface area contributed by atoms with Crippen LogP contribution in [0.15, 0.2) is 42.5 Å². The summed E-state index contributed by atoms with van der Waals surface area (Å²) in [5, 5.41) is 3.43. The molecule has 2 aromatic rings. The maximum absolute atomic E-state index is 5.91. The van der Waals surface area contributed by atoms with Gasteiger partial charge in [-0.25, -0.2) is 0 Å². The number of hydrogen-bond donors (Lipinski definition) is 1. The summed E-state index contributed by atoms with van der Waals surface area (Å²) in [7, 11) is 5.83. The smallest absolute Gasteiger partial charge is 0.161 e. The maximum Gasteiger partial charge on any atom is 0.161 e. The number of methoxy groups -OCH3 is 1. The minimum atomic E-state index is 0. The monoisotopic (exact) mass is 400 g/mol. The van der Waals surface area contributed by atoms with Gasteiger partial charge in [0.25, 0.3) is 0 Å². The van der Waals surface area contributed by atoms with Crippen LogP contribution in [-0.4, -0.2) is 39.2 Å². The van der Waals surface area contributed by atoms with Crippen LogP contribution >= 0.6 is 24.8 Å². The minimum absolute atomic E-state index is 0. The van der Waals surface area contributed by atoms with E-state index in [0.717, 1.165) is 36.7 Å². The highest BCUT2D eigenvalue weighted by molar-refractivity contribution is 5.85. The first kappa shape index (κ1) is 24.5. The van der Waals surface area contributed by atoms with E-state index in [1.807, 2.05) is 12.1 Å². The van der Waals surface area contributed by atoms with Gasteiger partial charge in [0.2, 0.25) is 0 Å². The van der Waals surface area contributed by atoms with E-state index >= 15 is 0 Å². The molecule has 0 aliphatic rings. The molecule has 0 radical (unpaired) electrons. The number of nitrogens with zero attached hydrogens (tertiary/aromatic N) is 1. The van der Waals surface area contributed by atoms with E-state index in [2.05, 4.69) is 61.6 Å². The van der Waals surface area contributed by atoms with Crippen LogP contribution in [0.2, 0.25) is 0 Å². The Balaban J connectivity index is 0.00000312. The second-order valence-electron chi connectivity index (χ2n) is 6.24. The van der Waals surface area contributed by atoms with Gasteiger partial charge in [-0.15, -0.1) is 24.8 Å². The van der Waals surface area contributed by atoms with Crippen molar-refractivity contribution in [2.45, 2.75) is 20.1 Å². The fourth-order valence-electron chi connectivity index (χ4n) is 2.32. The number of halogens is 2. The van der Waals surface area contributed by atoms with Gasteiger partial charge in [-0.1, -0.05) is 35.9 Å². The molecule has 26 heavy (non-hydrogen) atoms. The first-order valence-electron chi connectivity index (χ1n) is 8.29. The molecule has 0 unspecified atom stereocenters. The Morgan fingerprint density at radius 1 is 0.923 bits per heavy atom. The second-order valence-corrected chi connectivity index (χ2v) is 6.24. The third kappa shape index (κ3) is 8.28. The molecule has 0 bridgehead atoms. The molecule has 0 spiro atoms. The van der Waals surface area contributed by atoms with Gasteiger partial charge in [-0.05, 0) is 44.3 Å². The quantitative estimate of drug-likeness (QED) is 0.642. The van der Waals surface area contributed by atoms with Crippen molar-refractivity contribution in [3.8, 4) is 11.5 Å². The fraction of sp³-hybridized carbons (Fsp3) is 0.400. The zero-order chi connectivity index (χ0) is 17.4. The SMILES string of the molecule is COc1cc(CNCCN(C)C)ccc1OCc1ccc(C)cc1.Cl.Cl. The molecular formula is C20H30Cl2N2O2. The molecule has 146 valence electrons. The van der Waals surface area contributed by atoms with Gasteiger partial charge in [0.1, 0.15) is 6.61 Å². The molecule has 0 saturated carbocycles. The molecule has 0 aromatic heterocycles. The highest BCUT2D eigenvalue weighted by Gasteiger charge is 2.06. The summed E-state index contributed by atoms with van der Waals surface area (Å²) < 4.78 is 11.4. The summed E-state index contributed by atoms with van der Waals surface area (Å²) in [6.45, 7) is 5.42. The predicted molar refractivity (Wildman–Crippen MR) is 113 cm³/mol. The van der Waals surface area contributed by atoms with Gasteiger partial charge in [0.05, 0.1) is 7.11 Å². The number of benzene rings is 2. The van der Waals surface area contributed by atoms with Crippen molar-refractivity contribution in [2.75, 3.05) is 34.3 Å². The van der Waals surface area contributed by atoms with Crippen molar-refractivity contribution >= 4 is 24.8 Å². The van der Waals surface area contributed by atoms with Crippen LogP contribution in [0.25, 0.3) is 0 Å². The highest BCUT2D eigenvalue weighted by Crippen LogP contribution is 2.28. The topological polar surface area (TPSA) is 33.7 Å². The minimum Gasteiger partial charge on any atom is -0.493 e. The Morgan fingerprint density at radius 3 is 2.19 bits per heavy atom. The summed E-state index contributed by atoms with van der Waals surface area (Å²) in [6.07, 6.45) is 0. The Labute approximate surface area is 169 Å². The van der Waals surface area contributed by atoms with Crippen LogP contribution in [0.5, 0.6) is 11.5 Å². The molecule has 0 saturated heterocycles. The molecule has 6 heteroatoms. The third-order valence-electron chi connectivity index (χ3n) is 3.81. The van der Waals surface area contributed by atoms with E-state index in [1.165, 1.54) is 11.1 Å². The normalized spacial score (nSPS) is 10.0. The standard InChI is InChI=1S/C20H28N2O2.2ClH/c1-16-5-7-17(8-6-16)15-24-19-10-9-18(13-20(19)23-4)14-21-11-12-22(2)3;;/h5-10,13,21H,11-12,14-15H2,1-4H3;2*1H. The summed E-state index contributed by atoms with van der Waals surface area (Å²) >= 11 is 0. The van der Waals surface area contributed by atoms with Crippen molar-refractivity contribution in [3.63, 3.8) is 0 Å². The average molecular weight is 401 g/mol. The maximum atomic E-state index is 5.91. The van der Waals surface area contributed by atoms with Crippen LogP contribution in [-0.2, 0) is 13.2 Å². The van der Waals surface area contributed by atoms with E-state index < -0.39 is 0 Å². The molecule has 0 amide bonds. The lowest BCUT2D eigenvalue weighted by atomic mass is 10.1. The van der Waals surface area contributed by atoms with E-state index in [-0.39, 0.29) is 24.8 Å². The van der Waals surface area contributed by atoms with Gasteiger partial charge in [0, 0.05) is 19.6 Å². The molecule has 0 fully saturated rings. The van der Waals surface area contributed by atoms with Crippen molar-refractivity contribution in [1.82, 2.24) is 10.2 Å². The Kier molecular flexibility index (Phi) is 12.1. The van der Waals surface area contributed by atoms with Crippen molar-refractivity contribution in [3.05, 3.63) is 59.2 Å². The van der Waals surface area contributed by atoms with Gasteiger partial charge in [-0.2, -0.15) is 0 Å². The zero-order valence-electron chi connectivity index (χ0n) is 16.0. The van der Waals surface area contributed by atoms with Crippen LogP contribution in [0, 0.1) is 6.92 Å². The van der Waals surface area contributed by atoms with Gasteiger partial charge in [-0.3, -0.25) is 0 Å². The van der Waals surface area contributed by atoms with Crippen LogP contribution in [0.3, 0.4) is 0 Å². The van der Waals surface area contributed by atoms with E-state index in [4.69, 9.17) is 9.47 Å². The number of rotatable bonds is 9. The number of aryl methyl sites for hydroxylation is 1. The lowest BCUT2D eigenvalue weighted by Gasteiger charge is -2.14. The summed E-state index contributed by atoms with van der Waals surface area (Å²) in [5.74, 6) is 1.55. The Hall–Kier alpha value is -1.46. The van der Waals surface area contributed by atoms with Gasteiger partial charge >= 0.3 is 0 Å². The first-order valence-corrected chi connectivity index (χ1v) is 8.29. The largest absolute Gasteiger partial charge is 0.493 e. The summed E-state index contributed by atoms with van der Waals surface area (Å²) in [6, 6.07) is 14.5. The number of likely N-dealkylation sites (N-methyl/N-ethyl adjacent to an activating group) is 1. The lowest BCUT2D eigenvalue weighted by Crippen LogP contribution is -2.26.